The molecule has 1 aromatic rings. The lowest BCUT2D eigenvalue weighted by atomic mass is 9.88. The van der Waals surface area contributed by atoms with Crippen LogP contribution in [0.15, 0.2) is 18.3 Å². The van der Waals surface area contributed by atoms with E-state index in [9.17, 15) is 9.59 Å². The molecule has 2 unspecified atom stereocenters. The molecule has 102 valence electrons. The number of carboxylic acid groups (broad SMARTS) is 1. The van der Waals surface area contributed by atoms with Gasteiger partial charge in [0, 0.05) is 24.7 Å². The smallest absolute Gasteiger partial charge is 0.303 e. The number of H-pyrrole nitrogens is 1. The van der Waals surface area contributed by atoms with Gasteiger partial charge in [-0.15, -0.1) is 0 Å². The Morgan fingerprint density at radius 1 is 1.32 bits per heavy atom. The summed E-state index contributed by atoms with van der Waals surface area (Å²) in [6.07, 6.45) is 5.66. The Labute approximate surface area is 111 Å². The Kier molecular flexibility index (Phi) is 3.05. The van der Waals surface area contributed by atoms with Gasteiger partial charge in [-0.2, -0.15) is 0 Å². The minimum absolute atomic E-state index is 0.0614. The first-order chi connectivity index (χ1) is 9.15. The molecule has 2 bridgehead atoms. The summed E-state index contributed by atoms with van der Waals surface area (Å²) in [7, 11) is 0. The predicted molar refractivity (Wildman–Crippen MR) is 68.7 cm³/mol. The summed E-state index contributed by atoms with van der Waals surface area (Å²) in [5.74, 6) is -0.442. The van der Waals surface area contributed by atoms with Gasteiger partial charge in [0.2, 0.25) is 0 Å². The minimum Gasteiger partial charge on any atom is -0.481 e. The number of aromatic amines is 1. The summed E-state index contributed by atoms with van der Waals surface area (Å²) in [5, 5.41) is 8.90. The van der Waals surface area contributed by atoms with E-state index in [1.165, 1.54) is 0 Å². The van der Waals surface area contributed by atoms with Gasteiger partial charge < -0.3 is 15.0 Å². The normalized spacial score (nSPS) is 29.5. The van der Waals surface area contributed by atoms with Gasteiger partial charge >= 0.3 is 5.97 Å². The Bertz CT molecular complexity index is 469. The molecular formula is C14H18N2O3. The van der Waals surface area contributed by atoms with E-state index in [1.54, 1.807) is 12.3 Å². The maximum atomic E-state index is 12.4. The third kappa shape index (κ3) is 2.25. The van der Waals surface area contributed by atoms with E-state index in [0.717, 1.165) is 25.7 Å². The standard InChI is InChI=1S/C14H18N2O3/c17-13(18)8-9-6-10-3-4-11(7-9)16(10)14(19)12-2-1-5-15-12/h1-2,5,9-11,15H,3-4,6-8H2,(H,17,18). The van der Waals surface area contributed by atoms with E-state index in [2.05, 4.69) is 4.98 Å². The van der Waals surface area contributed by atoms with Crippen LogP contribution in [0.4, 0.5) is 0 Å². The van der Waals surface area contributed by atoms with Crippen LogP contribution >= 0.6 is 0 Å². The van der Waals surface area contributed by atoms with Gasteiger partial charge in [0.25, 0.3) is 5.91 Å². The molecule has 1 amide bonds. The maximum absolute atomic E-state index is 12.4. The van der Waals surface area contributed by atoms with Gasteiger partial charge in [-0.3, -0.25) is 9.59 Å². The molecule has 2 atom stereocenters. The van der Waals surface area contributed by atoms with Crippen molar-refractivity contribution in [3.63, 3.8) is 0 Å². The summed E-state index contributed by atoms with van der Waals surface area (Å²) < 4.78 is 0. The highest BCUT2D eigenvalue weighted by atomic mass is 16.4. The van der Waals surface area contributed by atoms with Crippen LogP contribution in [0.5, 0.6) is 0 Å². The van der Waals surface area contributed by atoms with Gasteiger partial charge in [-0.1, -0.05) is 0 Å². The van der Waals surface area contributed by atoms with Crippen LogP contribution in [-0.4, -0.2) is 39.0 Å². The van der Waals surface area contributed by atoms with Gasteiger partial charge in [-0.05, 0) is 43.7 Å². The number of fused-ring (bicyclic) bond motifs is 2. The Morgan fingerprint density at radius 2 is 2.00 bits per heavy atom. The average Bonchev–Trinajstić information content (AvgIpc) is 2.95. The van der Waals surface area contributed by atoms with Crippen molar-refractivity contribution in [2.24, 2.45) is 5.92 Å². The van der Waals surface area contributed by atoms with Crippen molar-refractivity contribution >= 4 is 11.9 Å². The van der Waals surface area contributed by atoms with Crippen LogP contribution in [0.3, 0.4) is 0 Å². The van der Waals surface area contributed by atoms with Crippen molar-refractivity contribution in [1.82, 2.24) is 9.88 Å². The molecule has 2 fully saturated rings. The third-order valence-corrected chi connectivity index (χ3v) is 4.36. The minimum atomic E-state index is -0.728. The van der Waals surface area contributed by atoms with Gasteiger partial charge in [-0.25, -0.2) is 0 Å². The lowest BCUT2D eigenvalue weighted by molar-refractivity contribution is -0.138. The highest BCUT2D eigenvalue weighted by Crippen LogP contribution is 2.40. The number of hydrogen-bond acceptors (Lipinski definition) is 2. The number of amides is 1. The Morgan fingerprint density at radius 3 is 2.53 bits per heavy atom. The zero-order valence-electron chi connectivity index (χ0n) is 10.7. The van der Waals surface area contributed by atoms with Crippen LogP contribution in [0, 0.1) is 5.92 Å². The molecule has 0 saturated carbocycles. The number of carbonyl (C=O) groups is 2. The first-order valence-electron chi connectivity index (χ1n) is 6.83. The number of hydrogen-bond donors (Lipinski definition) is 2. The highest BCUT2D eigenvalue weighted by Gasteiger charge is 2.43. The number of piperidine rings is 1. The lowest BCUT2D eigenvalue weighted by Crippen LogP contribution is -2.47. The molecule has 2 aliphatic heterocycles. The van der Waals surface area contributed by atoms with E-state index in [-0.39, 0.29) is 30.3 Å². The second kappa shape index (κ2) is 4.72. The van der Waals surface area contributed by atoms with E-state index in [1.807, 2.05) is 11.0 Å². The molecule has 0 aliphatic carbocycles. The summed E-state index contributed by atoms with van der Waals surface area (Å²) >= 11 is 0. The van der Waals surface area contributed by atoms with Crippen molar-refractivity contribution in [3.05, 3.63) is 24.0 Å². The number of carbonyl (C=O) groups excluding carboxylic acids is 1. The zero-order valence-corrected chi connectivity index (χ0v) is 10.7. The molecule has 2 saturated heterocycles. The molecule has 0 radical (unpaired) electrons. The van der Waals surface area contributed by atoms with Crippen LogP contribution < -0.4 is 0 Å². The van der Waals surface area contributed by atoms with Gasteiger partial charge in [0.05, 0.1) is 0 Å². The topological polar surface area (TPSA) is 73.4 Å². The largest absolute Gasteiger partial charge is 0.481 e. The second-order valence-electron chi connectivity index (χ2n) is 5.62. The molecule has 2 N–H and O–H groups in total. The summed E-state index contributed by atoms with van der Waals surface area (Å²) in [6, 6.07) is 4.06. The van der Waals surface area contributed by atoms with Crippen molar-refractivity contribution in [3.8, 4) is 0 Å². The summed E-state index contributed by atoms with van der Waals surface area (Å²) in [4.78, 5) is 28.2. The van der Waals surface area contributed by atoms with Crippen molar-refractivity contribution in [1.29, 1.82) is 0 Å². The third-order valence-electron chi connectivity index (χ3n) is 4.36. The monoisotopic (exact) mass is 262 g/mol. The van der Waals surface area contributed by atoms with E-state index < -0.39 is 5.97 Å². The molecule has 5 nitrogen and oxygen atoms in total. The number of carboxylic acids is 1. The number of aromatic nitrogens is 1. The predicted octanol–water partition coefficient (Wildman–Crippen LogP) is 1.87. The molecule has 1 aromatic heterocycles. The lowest BCUT2D eigenvalue weighted by Gasteiger charge is -2.38. The molecule has 0 spiro atoms. The number of aliphatic carboxylic acids is 1. The zero-order chi connectivity index (χ0) is 13.4. The van der Waals surface area contributed by atoms with Gasteiger partial charge in [0.15, 0.2) is 0 Å². The SMILES string of the molecule is O=C(O)CC1CC2CCC(C1)N2C(=O)c1ccc[nH]1. The van der Waals surface area contributed by atoms with Crippen LogP contribution in [-0.2, 0) is 4.79 Å². The van der Waals surface area contributed by atoms with Crippen molar-refractivity contribution in [2.45, 2.75) is 44.2 Å². The molecule has 3 rings (SSSR count). The fraction of sp³-hybridized carbons (Fsp3) is 0.571. The molecular weight excluding hydrogens is 244 g/mol. The van der Waals surface area contributed by atoms with Crippen molar-refractivity contribution < 1.29 is 14.7 Å². The average molecular weight is 262 g/mol. The van der Waals surface area contributed by atoms with Crippen LogP contribution in [0.1, 0.15) is 42.6 Å². The van der Waals surface area contributed by atoms with Crippen LogP contribution in [0.25, 0.3) is 0 Å². The Balaban J connectivity index is 1.73. The first kappa shape index (κ1) is 12.3. The molecule has 5 heteroatoms. The summed E-state index contributed by atoms with van der Waals surface area (Å²) in [6.45, 7) is 0. The fourth-order valence-electron chi connectivity index (χ4n) is 3.64. The van der Waals surface area contributed by atoms with E-state index in [4.69, 9.17) is 5.11 Å². The maximum Gasteiger partial charge on any atom is 0.303 e. The van der Waals surface area contributed by atoms with Crippen molar-refractivity contribution in [2.75, 3.05) is 0 Å². The molecule has 19 heavy (non-hydrogen) atoms. The fourth-order valence-corrected chi connectivity index (χ4v) is 3.64. The number of nitrogens with zero attached hydrogens (tertiary/aromatic N) is 1. The highest BCUT2D eigenvalue weighted by molar-refractivity contribution is 5.93. The quantitative estimate of drug-likeness (QED) is 0.873. The Hall–Kier alpha value is -1.78. The van der Waals surface area contributed by atoms with E-state index in [0.29, 0.717) is 5.69 Å². The number of rotatable bonds is 3. The first-order valence-corrected chi connectivity index (χ1v) is 6.83. The summed E-state index contributed by atoms with van der Waals surface area (Å²) in [5.41, 5.74) is 0.633. The van der Waals surface area contributed by atoms with E-state index >= 15 is 0 Å². The molecule has 0 aromatic carbocycles. The molecule has 3 heterocycles. The molecule has 2 aliphatic rings. The van der Waals surface area contributed by atoms with Crippen LogP contribution in [0.2, 0.25) is 0 Å². The van der Waals surface area contributed by atoms with Gasteiger partial charge in [0.1, 0.15) is 5.69 Å². The number of nitrogens with one attached hydrogen (secondary N) is 1. The second-order valence-corrected chi connectivity index (χ2v) is 5.62.